The Hall–Kier alpha value is -2.56. The summed E-state index contributed by atoms with van der Waals surface area (Å²) in [4.78, 5) is 18.6. The fraction of sp³-hybridized carbons (Fsp3) is 0.400. The molecule has 2 heterocycles. The van der Waals surface area contributed by atoms with Crippen LogP contribution in [-0.2, 0) is 7.05 Å². The van der Waals surface area contributed by atoms with Gasteiger partial charge in [-0.3, -0.25) is 0 Å². The van der Waals surface area contributed by atoms with Crippen LogP contribution >= 0.6 is 0 Å². The molecule has 0 aliphatic carbocycles. The monoisotopic (exact) mass is 335 g/mol. The minimum Gasteiger partial charge on any atom is -0.334 e. The topological polar surface area (TPSA) is 56.5 Å². The lowest BCUT2D eigenvalue weighted by molar-refractivity contribution is 0.697. The van der Waals surface area contributed by atoms with Crippen LogP contribution in [0.5, 0.6) is 0 Å². The van der Waals surface area contributed by atoms with Crippen LogP contribution in [0.3, 0.4) is 0 Å². The molecule has 2 aromatic heterocycles. The van der Waals surface area contributed by atoms with E-state index in [0.29, 0.717) is 0 Å². The quantitative estimate of drug-likeness (QED) is 0.704. The van der Waals surface area contributed by atoms with Gasteiger partial charge in [-0.15, -0.1) is 0 Å². The zero-order chi connectivity index (χ0) is 18.1. The van der Waals surface area contributed by atoms with Crippen molar-refractivity contribution in [1.29, 1.82) is 0 Å². The van der Waals surface area contributed by atoms with Crippen molar-refractivity contribution >= 4 is 0 Å². The van der Waals surface area contributed by atoms with Gasteiger partial charge >= 0.3 is 0 Å². The maximum atomic E-state index is 4.70. The summed E-state index contributed by atoms with van der Waals surface area (Å²) >= 11 is 0. The summed E-state index contributed by atoms with van der Waals surface area (Å²) in [7, 11) is 2.01. The normalized spacial score (nSPS) is 11.5. The molecular formula is C20H25N5. The van der Waals surface area contributed by atoms with Gasteiger partial charge < -0.3 is 4.57 Å². The molecule has 0 saturated carbocycles. The largest absolute Gasteiger partial charge is 0.334 e. The summed E-state index contributed by atoms with van der Waals surface area (Å²) in [6.45, 7) is 10.4. The SMILES string of the molecule is Cc1cn(C)c(-c2cccc(-c3nc(C(C)C)nc(C(C)C)n3)c2)n1. The second-order valence-electron chi connectivity index (χ2n) is 7.08. The van der Waals surface area contributed by atoms with Crippen LogP contribution in [0.2, 0.25) is 0 Å². The Morgan fingerprint density at radius 1 is 0.840 bits per heavy atom. The predicted molar refractivity (Wildman–Crippen MR) is 100 cm³/mol. The van der Waals surface area contributed by atoms with Gasteiger partial charge in [-0.1, -0.05) is 45.9 Å². The zero-order valence-corrected chi connectivity index (χ0v) is 15.8. The van der Waals surface area contributed by atoms with E-state index in [1.807, 2.05) is 36.9 Å². The van der Waals surface area contributed by atoms with Gasteiger partial charge in [0.05, 0.1) is 5.69 Å². The Morgan fingerprint density at radius 2 is 1.44 bits per heavy atom. The lowest BCUT2D eigenvalue weighted by Crippen LogP contribution is -2.08. The van der Waals surface area contributed by atoms with Crippen LogP contribution in [0.4, 0.5) is 0 Å². The molecule has 0 amide bonds. The van der Waals surface area contributed by atoms with Crippen LogP contribution in [0.1, 0.15) is 56.9 Å². The van der Waals surface area contributed by atoms with Crippen LogP contribution in [0.25, 0.3) is 22.8 Å². The fourth-order valence-corrected chi connectivity index (χ4v) is 2.74. The number of hydrogen-bond acceptors (Lipinski definition) is 4. The average molecular weight is 335 g/mol. The summed E-state index contributed by atoms with van der Waals surface area (Å²) in [5, 5.41) is 0. The number of imidazole rings is 1. The maximum Gasteiger partial charge on any atom is 0.163 e. The third kappa shape index (κ3) is 3.60. The van der Waals surface area contributed by atoms with Gasteiger partial charge in [0.15, 0.2) is 5.82 Å². The summed E-state index contributed by atoms with van der Waals surface area (Å²) < 4.78 is 2.04. The number of hydrogen-bond donors (Lipinski definition) is 0. The van der Waals surface area contributed by atoms with Crippen molar-refractivity contribution in [2.75, 3.05) is 0 Å². The van der Waals surface area contributed by atoms with Crippen molar-refractivity contribution < 1.29 is 0 Å². The first-order chi connectivity index (χ1) is 11.8. The Labute approximate surface area is 149 Å². The minimum atomic E-state index is 0.264. The summed E-state index contributed by atoms with van der Waals surface area (Å²) in [6, 6.07) is 8.25. The van der Waals surface area contributed by atoms with Gasteiger partial charge in [0, 0.05) is 36.2 Å². The van der Waals surface area contributed by atoms with E-state index in [1.165, 1.54) is 0 Å². The molecular weight excluding hydrogens is 310 g/mol. The number of aromatic nitrogens is 5. The zero-order valence-electron chi connectivity index (χ0n) is 15.8. The number of benzene rings is 1. The van der Waals surface area contributed by atoms with E-state index in [4.69, 9.17) is 9.97 Å². The molecule has 0 saturated heterocycles. The van der Waals surface area contributed by atoms with Crippen molar-refractivity contribution in [2.24, 2.45) is 7.05 Å². The smallest absolute Gasteiger partial charge is 0.163 e. The molecule has 0 unspecified atom stereocenters. The summed E-state index contributed by atoms with van der Waals surface area (Å²) in [6.07, 6.45) is 2.03. The third-order valence-corrected chi connectivity index (χ3v) is 4.08. The molecule has 5 nitrogen and oxygen atoms in total. The van der Waals surface area contributed by atoms with Crippen LogP contribution < -0.4 is 0 Å². The highest BCUT2D eigenvalue weighted by Gasteiger charge is 2.14. The molecule has 5 heteroatoms. The molecule has 25 heavy (non-hydrogen) atoms. The molecule has 0 aliphatic heterocycles. The molecule has 0 aliphatic rings. The maximum absolute atomic E-state index is 4.70. The number of nitrogens with zero attached hydrogens (tertiary/aromatic N) is 5. The van der Waals surface area contributed by atoms with Crippen molar-refractivity contribution in [2.45, 2.75) is 46.5 Å². The molecule has 0 atom stereocenters. The van der Waals surface area contributed by atoms with Gasteiger partial charge in [-0.05, 0) is 13.0 Å². The van der Waals surface area contributed by atoms with E-state index >= 15 is 0 Å². The van der Waals surface area contributed by atoms with E-state index in [9.17, 15) is 0 Å². The molecule has 0 radical (unpaired) electrons. The van der Waals surface area contributed by atoms with Crippen molar-refractivity contribution in [3.63, 3.8) is 0 Å². The molecule has 0 bridgehead atoms. The first kappa shape index (κ1) is 17.3. The Bertz CT molecular complexity index is 867. The third-order valence-electron chi connectivity index (χ3n) is 4.08. The van der Waals surface area contributed by atoms with E-state index in [-0.39, 0.29) is 11.8 Å². The highest BCUT2D eigenvalue weighted by molar-refractivity contribution is 5.66. The highest BCUT2D eigenvalue weighted by atomic mass is 15.1. The molecule has 0 spiro atoms. The number of aryl methyl sites for hydroxylation is 2. The standard InChI is InChI=1S/C20H25N5/c1-12(2)17-22-18(13(3)4)24-19(23-17)15-8-7-9-16(10-15)20-21-14(5)11-25(20)6/h7-13H,1-6H3. The first-order valence-corrected chi connectivity index (χ1v) is 8.71. The van der Waals surface area contributed by atoms with Crippen molar-refractivity contribution in [3.8, 4) is 22.8 Å². The van der Waals surface area contributed by atoms with E-state index in [2.05, 4.69) is 49.8 Å². The van der Waals surface area contributed by atoms with E-state index in [0.717, 1.165) is 40.1 Å². The average Bonchev–Trinajstić information content (AvgIpc) is 2.93. The van der Waals surface area contributed by atoms with Crippen molar-refractivity contribution in [3.05, 3.63) is 47.8 Å². The Balaban J connectivity index is 2.11. The summed E-state index contributed by atoms with van der Waals surface area (Å²) in [5.74, 6) is 3.88. The molecule has 130 valence electrons. The van der Waals surface area contributed by atoms with Gasteiger partial charge in [0.1, 0.15) is 17.5 Å². The van der Waals surface area contributed by atoms with Crippen LogP contribution in [-0.4, -0.2) is 24.5 Å². The molecule has 0 fully saturated rings. The van der Waals surface area contributed by atoms with Gasteiger partial charge in [0.2, 0.25) is 0 Å². The lowest BCUT2D eigenvalue weighted by Gasteiger charge is -2.12. The van der Waals surface area contributed by atoms with Gasteiger partial charge in [-0.25, -0.2) is 19.9 Å². The van der Waals surface area contributed by atoms with E-state index in [1.54, 1.807) is 0 Å². The summed E-state index contributed by atoms with van der Waals surface area (Å²) in [5.41, 5.74) is 3.06. The number of rotatable bonds is 4. The second-order valence-corrected chi connectivity index (χ2v) is 7.08. The molecule has 3 aromatic rings. The predicted octanol–water partition coefficient (Wildman–Crippen LogP) is 4.49. The molecule has 1 aromatic carbocycles. The Morgan fingerprint density at radius 3 is 1.96 bits per heavy atom. The molecule has 3 rings (SSSR count). The Kier molecular flexibility index (Phi) is 4.66. The van der Waals surface area contributed by atoms with E-state index < -0.39 is 0 Å². The van der Waals surface area contributed by atoms with Crippen molar-refractivity contribution in [1.82, 2.24) is 24.5 Å². The highest BCUT2D eigenvalue weighted by Crippen LogP contribution is 2.25. The van der Waals surface area contributed by atoms with Crippen LogP contribution in [0, 0.1) is 6.92 Å². The lowest BCUT2D eigenvalue weighted by atomic mass is 10.1. The van der Waals surface area contributed by atoms with Gasteiger partial charge in [-0.2, -0.15) is 0 Å². The second kappa shape index (κ2) is 6.75. The molecule has 0 N–H and O–H groups in total. The van der Waals surface area contributed by atoms with Crippen LogP contribution in [0.15, 0.2) is 30.5 Å². The minimum absolute atomic E-state index is 0.264. The fourth-order valence-electron chi connectivity index (χ4n) is 2.74. The first-order valence-electron chi connectivity index (χ1n) is 8.71. The van der Waals surface area contributed by atoms with Gasteiger partial charge in [0.25, 0.3) is 0 Å².